The first-order valence-corrected chi connectivity index (χ1v) is 7.86. The molecular weight excluding hydrogens is 308 g/mol. The summed E-state index contributed by atoms with van der Waals surface area (Å²) in [6.07, 6.45) is 2.36. The molecule has 1 heteroatoms. The molecule has 1 atom stereocenters. The van der Waals surface area contributed by atoms with Gasteiger partial charge in [-0.2, -0.15) is 0 Å². The van der Waals surface area contributed by atoms with Crippen molar-refractivity contribution < 1.29 is 0 Å². The number of hydrogen-bond donors (Lipinski definition) is 0. The molecule has 0 amide bonds. The van der Waals surface area contributed by atoms with Gasteiger partial charge in [-0.05, 0) is 66.3 Å². The number of allylic oxidation sites excluding steroid dienone is 1. The molecule has 0 heterocycles. The minimum atomic E-state index is 0.461. The van der Waals surface area contributed by atoms with Crippen LogP contribution in [0, 0.1) is 20.8 Å². The monoisotopic (exact) mass is 326 g/mol. The zero-order valence-electron chi connectivity index (χ0n) is 12.4. The number of hydrogen-bond acceptors (Lipinski definition) is 0. The quantitative estimate of drug-likeness (QED) is 0.600. The summed E-state index contributed by atoms with van der Waals surface area (Å²) < 4.78 is 1.19. The van der Waals surface area contributed by atoms with Gasteiger partial charge in [-0.15, -0.1) is 0 Å². The van der Waals surface area contributed by atoms with E-state index in [4.69, 9.17) is 0 Å². The summed E-state index contributed by atoms with van der Waals surface area (Å²) in [5, 5.41) is 0. The molecular formula is C19H19Br. The fourth-order valence-corrected chi connectivity index (χ4v) is 3.95. The number of aryl methyl sites for hydroxylation is 3. The van der Waals surface area contributed by atoms with Gasteiger partial charge in [0.2, 0.25) is 0 Å². The van der Waals surface area contributed by atoms with Crippen LogP contribution in [0.15, 0.2) is 34.8 Å². The van der Waals surface area contributed by atoms with Crippen LogP contribution in [-0.2, 0) is 0 Å². The molecule has 0 nitrogen and oxygen atoms in total. The first kappa shape index (κ1) is 13.6. The van der Waals surface area contributed by atoms with Crippen molar-refractivity contribution in [3.63, 3.8) is 0 Å². The number of benzene rings is 2. The van der Waals surface area contributed by atoms with Gasteiger partial charge < -0.3 is 0 Å². The lowest BCUT2D eigenvalue weighted by Gasteiger charge is -2.17. The van der Waals surface area contributed by atoms with Gasteiger partial charge in [0.15, 0.2) is 0 Å². The normalized spacial score (nSPS) is 17.1. The molecule has 0 aliphatic heterocycles. The van der Waals surface area contributed by atoms with Crippen molar-refractivity contribution in [1.82, 2.24) is 0 Å². The lowest BCUT2D eigenvalue weighted by Crippen LogP contribution is -1.98. The fourth-order valence-electron chi connectivity index (χ4n) is 3.46. The highest BCUT2D eigenvalue weighted by Crippen LogP contribution is 2.45. The van der Waals surface area contributed by atoms with E-state index in [2.05, 4.69) is 80.0 Å². The number of rotatable bonds is 1. The molecule has 0 bridgehead atoms. The fraction of sp³-hybridized carbons (Fsp3) is 0.263. The molecule has 1 aliphatic carbocycles. The summed E-state index contributed by atoms with van der Waals surface area (Å²) >= 11 is 3.68. The van der Waals surface area contributed by atoms with Crippen LogP contribution in [0.4, 0.5) is 0 Å². The first-order chi connectivity index (χ1) is 9.49. The van der Waals surface area contributed by atoms with Crippen LogP contribution < -0.4 is 0 Å². The minimum absolute atomic E-state index is 0.461. The predicted molar refractivity (Wildman–Crippen MR) is 91.1 cm³/mol. The second-order valence-electron chi connectivity index (χ2n) is 5.84. The second-order valence-corrected chi connectivity index (χ2v) is 6.69. The topological polar surface area (TPSA) is 0 Å². The Kier molecular flexibility index (Phi) is 3.33. The second kappa shape index (κ2) is 4.89. The molecule has 0 saturated heterocycles. The minimum Gasteiger partial charge on any atom is -0.0608 e. The van der Waals surface area contributed by atoms with Crippen molar-refractivity contribution in [2.45, 2.75) is 33.6 Å². The van der Waals surface area contributed by atoms with Gasteiger partial charge in [0.05, 0.1) is 0 Å². The number of halogens is 1. The van der Waals surface area contributed by atoms with E-state index in [-0.39, 0.29) is 0 Å². The molecule has 0 N–H and O–H groups in total. The molecule has 0 radical (unpaired) electrons. The third-order valence-electron chi connectivity index (χ3n) is 4.29. The van der Waals surface area contributed by atoms with E-state index in [9.17, 15) is 0 Å². The summed E-state index contributed by atoms with van der Waals surface area (Å²) in [5.74, 6) is 0.461. The Bertz CT molecular complexity index is 700. The van der Waals surface area contributed by atoms with Crippen LogP contribution in [0.2, 0.25) is 0 Å². The average molecular weight is 327 g/mol. The maximum Gasteiger partial charge on any atom is 0.0250 e. The lowest BCUT2D eigenvalue weighted by molar-refractivity contribution is 1.00. The molecule has 0 spiro atoms. The van der Waals surface area contributed by atoms with E-state index in [1.54, 1.807) is 0 Å². The molecule has 1 aliphatic rings. The van der Waals surface area contributed by atoms with Crippen molar-refractivity contribution in [2.75, 3.05) is 0 Å². The van der Waals surface area contributed by atoms with Crippen molar-refractivity contribution >= 4 is 27.6 Å². The Morgan fingerprint density at radius 1 is 1.00 bits per heavy atom. The van der Waals surface area contributed by atoms with Crippen molar-refractivity contribution in [3.05, 3.63) is 68.2 Å². The zero-order valence-corrected chi connectivity index (χ0v) is 14.0. The van der Waals surface area contributed by atoms with E-state index in [1.807, 2.05) is 0 Å². The van der Waals surface area contributed by atoms with Crippen LogP contribution in [-0.4, -0.2) is 0 Å². The lowest BCUT2D eigenvalue weighted by atomic mass is 9.87. The van der Waals surface area contributed by atoms with Crippen molar-refractivity contribution in [3.8, 4) is 0 Å². The molecule has 3 rings (SSSR count). The molecule has 20 heavy (non-hydrogen) atoms. The Balaban J connectivity index is 2.19. The Morgan fingerprint density at radius 3 is 2.25 bits per heavy atom. The Labute approximate surface area is 129 Å². The first-order valence-electron chi connectivity index (χ1n) is 7.07. The molecule has 1 unspecified atom stereocenters. The molecule has 0 aromatic heterocycles. The van der Waals surface area contributed by atoms with Gasteiger partial charge >= 0.3 is 0 Å². The predicted octanol–water partition coefficient (Wildman–Crippen LogP) is 6.03. The molecule has 2 aromatic carbocycles. The smallest absolute Gasteiger partial charge is 0.0250 e. The summed E-state index contributed by atoms with van der Waals surface area (Å²) in [7, 11) is 0. The Hall–Kier alpha value is -1.34. The van der Waals surface area contributed by atoms with Gasteiger partial charge in [-0.1, -0.05) is 52.7 Å². The molecule has 0 saturated carbocycles. The highest BCUT2D eigenvalue weighted by molar-refractivity contribution is 9.10. The van der Waals surface area contributed by atoms with E-state index < -0.39 is 0 Å². The maximum absolute atomic E-state index is 3.68. The van der Waals surface area contributed by atoms with Gasteiger partial charge in [-0.3, -0.25) is 0 Å². The van der Waals surface area contributed by atoms with E-state index in [0.29, 0.717) is 5.92 Å². The average Bonchev–Trinajstić information content (AvgIpc) is 2.68. The summed E-state index contributed by atoms with van der Waals surface area (Å²) in [6, 6.07) is 11.1. The maximum atomic E-state index is 3.68. The van der Waals surface area contributed by atoms with Gasteiger partial charge in [0.25, 0.3) is 0 Å². The van der Waals surface area contributed by atoms with Crippen LogP contribution in [0.1, 0.15) is 46.2 Å². The highest BCUT2D eigenvalue weighted by atomic mass is 79.9. The van der Waals surface area contributed by atoms with E-state index in [0.717, 1.165) is 0 Å². The van der Waals surface area contributed by atoms with Crippen LogP contribution in [0.25, 0.3) is 11.6 Å². The van der Waals surface area contributed by atoms with Gasteiger partial charge in [0.1, 0.15) is 0 Å². The molecule has 102 valence electrons. The van der Waals surface area contributed by atoms with Crippen LogP contribution in [0.3, 0.4) is 0 Å². The third kappa shape index (κ3) is 2.05. The zero-order chi connectivity index (χ0) is 14.4. The molecule has 0 fully saturated rings. The SMILES string of the molecule is Cc1cc(C)c(C2=Cc3c(Br)cccc3C2C)c(C)c1. The van der Waals surface area contributed by atoms with Crippen LogP contribution >= 0.6 is 15.9 Å². The van der Waals surface area contributed by atoms with Crippen molar-refractivity contribution in [2.24, 2.45) is 0 Å². The van der Waals surface area contributed by atoms with E-state index in [1.165, 1.54) is 43.4 Å². The summed E-state index contributed by atoms with van der Waals surface area (Å²) in [6.45, 7) is 8.92. The highest BCUT2D eigenvalue weighted by Gasteiger charge is 2.25. The third-order valence-corrected chi connectivity index (χ3v) is 4.98. The van der Waals surface area contributed by atoms with Gasteiger partial charge in [0, 0.05) is 10.4 Å². The summed E-state index contributed by atoms with van der Waals surface area (Å²) in [4.78, 5) is 0. The number of fused-ring (bicyclic) bond motifs is 1. The molecule has 2 aromatic rings. The Morgan fingerprint density at radius 2 is 1.65 bits per heavy atom. The van der Waals surface area contributed by atoms with Gasteiger partial charge in [-0.25, -0.2) is 0 Å². The van der Waals surface area contributed by atoms with E-state index >= 15 is 0 Å². The largest absolute Gasteiger partial charge is 0.0608 e. The summed E-state index contributed by atoms with van der Waals surface area (Å²) in [5.41, 5.74) is 9.74. The van der Waals surface area contributed by atoms with Crippen LogP contribution in [0.5, 0.6) is 0 Å². The van der Waals surface area contributed by atoms with Crippen molar-refractivity contribution in [1.29, 1.82) is 0 Å². The standard InChI is InChI=1S/C19H19Br/c1-11-8-12(2)19(13(3)9-11)16-10-17-15(14(16)4)6-5-7-18(17)20/h5-10,14H,1-4H3.